The van der Waals surface area contributed by atoms with Crippen LogP contribution in [0.15, 0.2) is 0 Å². The lowest BCUT2D eigenvalue weighted by Gasteiger charge is -2.10. The molecule has 0 aromatic rings. The van der Waals surface area contributed by atoms with Crippen LogP contribution in [-0.4, -0.2) is 46.4 Å². The minimum atomic E-state index is -3.87. The Kier molecular flexibility index (Phi) is 5.23. The van der Waals surface area contributed by atoms with Gasteiger partial charge in [-0.1, -0.05) is 0 Å². The SMILES string of the molecule is COC(=O)CS(=O)(=O)NC(C)C(=O)OC. The number of hydrogen-bond acceptors (Lipinski definition) is 6. The van der Waals surface area contributed by atoms with Crippen molar-refractivity contribution in [2.75, 3.05) is 20.0 Å². The van der Waals surface area contributed by atoms with Gasteiger partial charge in [0, 0.05) is 0 Å². The van der Waals surface area contributed by atoms with Crippen LogP contribution in [0.2, 0.25) is 0 Å². The van der Waals surface area contributed by atoms with Crippen molar-refractivity contribution in [3.05, 3.63) is 0 Å². The Bertz CT molecular complexity index is 335. The van der Waals surface area contributed by atoms with Crippen molar-refractivity contribution >= 4 is 22.0 Å². The third-order valence-corrected chi connectivity index (χ3v) is 2.78. The van der Waals surface area contributed by atoms with Gasteiger partial charge in [-0.2, -0.15) is 0 Å². The highest BCUT2D eigenvalue weighted by Gasteiger charge is 2.23. The Morgan fingerprint density at radius 2 is 1.80 bits per heavy atom. The van der Waals surface area contributed by atoms with Gasteiger partial charge in [0.15, 0.2) is 5.75 Å². The average Bonchev–Trinajstić information content (AvgIpc) is 2.14. The molecule has 0 fully saturated rings. The van der Waals surface area contributed by atoms with E-state index in [-0.39, 0.29) is 0 Å². The van der Waals surface area contributed by atoms with Crippen molar-refractivity contribution in [1.82, 2.24) is 4.72 Å². The summed E-state index contributed by atoms with van der Waals surface area (Å²) >= 11 is 0. The van der Waals surface area contributed by atoms with Gasteiger partial charge in [0.05, 0.1) is 14.2 Å². The van der Waals surface area contributed by atoms with E-state index < -0.39 is 33.8 Å². The molecular formula is C7H13NO6S. The van der Waals surface area contributed by atoms with Gasteiger partial charge in [0.2, 0.25) is 10.0 Å². The number of nitrogens with one attached hydrogen (secondary N) is 1. The molecule has 0 radical (unpaired) electrons. The summed E-state index contributed by atoms with van der Waals surface area (Å²) in [4.78, 5) is 21.6. The highest BCUT2D eigenvalue weighted by molar-refractivity contribution is 7.90. The van der Waals surface area contributed by atoms with E-state index in [1.54, 1.807) is 0 Å². The number of rotatable bonds is 5. The highest BCUT2D eigenvalue weighted by Crippen LogP contribution is 1.93. The molecule has 0 heterocycles. The molecule has 0 amide bonds. The first kappa shape index (κ1) is 13.8. The molecule has 0 aromatic carbocycles. The number of carbonyl (C=O) groups excluding carboxylic acids is 2. The molecule has 1 atom stereocenters. The maximum Gasteiger partial charge on any atom is 0.323 e. The summed E-state index contributed by atoms with van der Waals surface area (Å²) in [6.07, 6.45) is 0. The number of methoxy groups -OCH3 is 2. The molecule has 1 N–H and O–H groups in total. The molecule has 1 unspecified atom stereocenters. The zero-order valence-corrected chi connectivity index (χ0v) is 9.46. The lowest BCUT2D eigenvalue weighted by Crippen LogP contribution is -2.41. The fourth-order valence-corrected chi connectivity index (χ4v) is 1.90. The van der Waals surface area contributed by atoms with Crippen LogP contribution >= 0.6 is 0 Å². The molecule has 8 heteroatoms. The van der Waals surface area contributed by atoms with Crippen molar-refractivity contribution < 1.29 is 27.5 Å². The predicted molar refractivity (Wildman–Crippen MR) is 50.4 cm³/mol. The summed E-state index contributed by atoms with van der Waals surface area (Å²) in [7, 11) is -1.67. The van der Waals surface area contributed by atoms with Crippen LogP contribution < -0.4 is 4.72 Å². The van der Waals surface area contributed by atoms with Crippen molar-refractivity contribution in [3.63, 3.8) is 0 Å². The summed E-state index contributed by atoms with van der Waals surface area (Å²) in [5.74, 6) is -2.46. The van der Waals surface area contributed by atoms with Gasteiger partial charge in [-0.05, 0) is 6.92 Å². The summed E-state index contributed by atoms with van der Waals surface area (Å²) in [6, 6.07) is -1.04. The lowest BCUT2D eigenvalue weighted by molar-refractivity contribution is -0.142. The number of ether oxygens (including phenoxy) is 2. The molecule has 0 aliphatic carbocycles. The first-order valence-corrected chi connectivity index (χ1v) is 5.62. The number of carbonyl (C=O) groups is 2. The molecule has 0 aromatic heterocycles. The van der Waals surface area contributed by atoms with Crippen molar-refractivity contribution in [2.45, 2.75) is 13.0 Å². The quantitative estimate of drug-likeness (QED) is 0.595. The number of sulfonamides is 1. The van der Waals surface area contributed by atoms with E-state index in [1.165, 1.54) is 6.92 Å². The molecule has 7 nitrogen and oxygen atoms in total. The Labute approximate surface area is 87.8 Å². The largest absolute Gasteiger partial charge is 0.468 e. The maximum atomic E-state index is 11.2. The van der Waals surface area contributed by atoms with Crippen LogP contribution in [0, 0.1) is 0 Å². The van der Waals surface area contributed by atoms with E-state index in [0.29, 0.717) is 0 Å². The lowest BCUT2D eigenvalue weighted by atomic mass is 10.4. The molecule has 0 saturated carbocycles. The standard InChI is InChI=1S/C7H13NO6S/c1-5(7(10)14-3)8-15(11,12)4-6(9)13-2/h5,8H,4H2,1-3H3. The molecule has 0 aliphatic heterocycles. The second-order valence-corrected chi connectivity index (χ2v) is 4.45. The second-order valence-electron chi connectivity index (χ2n) is 2.70. The highest BCUT2D eigenvalue weighted by atomic mass is 32.2. The molecule has 0 saturated heterocycles. The minimum absolute atomic E-state index is 0.733. The molecule has 0 aliphatic rings. The van der Waals surface area contributed by atoms with Gasteiger partial charge in [0.1, 0.15) is 6.04 Å². The average molecular weight is 239 g/mol. The zero-order chi connectivity index (χ0) is 12.1. The second kappa shape index (κ2) is 5.66. The van der Waals surface area contributed by atoms with Gasteiger partial charge in [-0.15, -0.1) is 0 Å². The van der Waals surface area contributed by atoms with Crippen molar-refractivity contribution in [2.24, 2.45) is 0 Å². The predicted octanol–water partition coefficient (Wildman–Crippen LogP) is -1.36. The number of hydrogen-bond donors (Lipinski definition) is 1. The van der Waals surface area contributed by atoms with Crippen LogP contribution in [0.3, 0.4) is 0 Å². The van der Waals surface area contributed by atoms with Gasteiger partial charge >= 0.3 is 11.9 Å². The Hall–Kier alpha value is -1.15. The summed E-state index contributed by atoms with van der Waals surface area (Å²) < 4.78 is 32.9. The fourth-order valence-electron chi connectivity index (χ4n) is 0.750. The van der Waals surface area contributed by atoms with Gasteiger partial charge in [-0.25, -0.2) is 13.1 Å². The smallest absolute Gasteiger partial charge is 0.323 e. The van der Waals surface area contributed by atoms with Crippen LogP contribution in [0.25, 0.3) is 0 Å². The van der Waals surface area contributed by atoms with Crippen LogP contribution in [0.5, 0.6) is 0 Å². The van der Waals surface area contributed by atoms with E-state index in [2.05, 4.69) is 9.47 Å². The summed E-state index contributed by atoms with van der Waals surface area (Å²) in [5, 5.41) is 0. The molecule has 0 spiro atoms. The third kappa shape index (κ3) is 5.33. The van der Waals surface area contributed by atoms with E-state index in [9.17, 15) is 18.0 Å². The van der Waals surface area contributed by atoms with Gasteiger partial charge < -0.3 is 9.47 Å². The minimum Gasteiger partial charge on any atom is -0.468 e. The summed E-state index contributed by atoms with van der Waals surface area (Å²) in [5.41, 5.74) is 0. The number of esters is 2. The Balaban J connectivity index is 4.39. The molecular weight excluding hydrogens is 226 g/mol. The monoisotopic (exact) mass is 239 g/mol. The first-order valence-electron chi connectivity index (χ1n) is 3.97. The van der Waals surface area contributed by atoms with Crippen LogP contribution in [-0.2, 0) is 29.1 Å². The molecule has 0 rings (SSSR count). The molecule has 0 bridgehead atoms. The van der Waals surface area contributed by atoms with Crippen LogP contribution in [0.4, 0.5) is 0 Å². The van der Waals surface area contributed by atoms with Gasteiger partial charge in [-0.3, -0.25) is 9.59 Å². The van der Waals surface area contributed by atoms with Crippen molar-refractivity contribution in [3.8, 4) is 0 Å². The Morgan fingerprint density at radius 3 is 2.20 bits per heavy atom. The van der Waals surface area contributed by atoms with E-state index in [4.69, 9.17) is 0 Å². The molecule has 88 valence electrons. The zero-order valence-electron chi connectivity index (χ0n) is 8.64. The van der Waals surface area contributed by atoms with Crippen molar-refractivity contribution in [1.29, 1.82) is 0 Å². The van der Waals surface area contributed by atoms with Gasteiger partial charge in [0.25, 0.3) is 0 Å². The maximum absolute atomic E-state index is 11.2. The normalized spacial score (nSPS) is 13.0. The fraction of sp³-hybridized carbons (Fsp3) is 0.714. The first-order chi connectivity index (χ1) is 6.82. The van der Waals surface area contributed by atoms with Crippen LogP contribution in [0.1, 0.15) is 6.92 Å². The van der Waals surface area contributed by atoms with E-state index in [1.807, 2.05) is 4.72 Å². The summed E-state index contributed by atoms with van der Waals surface area (Å²) in [6.45, 7) is 1.31. The van der Waals surface area contributed by atoms with E-state index in [0.717, 1.165) is 14.2 Å². The Morgan fingerprint density at radius 1 is 1.27 bits per heavy atom. The third-order valence-electron chi connectivity index (χ3n) is 1.45. The topological polar surface area (TPSA) is 98.8 Å². The molecule has 15 heavy (non-hydrogen) atoms. The van der Waals surface area contributed by atoms with E-state index >= 15 is 0 Å².